The van der Waals surface area contributed by atoms with Crippen LogP contribution in [0.15, 0.2) is 67.1 Å². The summed E-state index contributed by atoms with van der Waals surface area (Å²) < 4.78 is 5.08. The molecular weight excluding hydrogens is 376 g/mol. The van der Waals surface area contributed by atoms with Crippen LogP contribution in [0.2, 0.25) is 0 Å². The fraction of sp³-hybridized carbons (Fsp3) is 0.292. The van der Waals surface area contributed by atoms with Gasteiger partial charge in [0.15, 0.2) is 0 Å². The van der Waals surface area contributed by atoms with Crippen molar-refractivity contribution < 1.29 is 9.53 Å². The van der Waals surface area contributed by atoms with Crippen LogP contribution in [0.4, 0.5) is 11.4 Å². The molecule has 1 aromatic carbocycles. The van der Waals surface area contributed by atoms with Crippen LogP contribution in [0.3, 0.4) is 0 Å². The number of ether oxygens (including phenoxy) is 1. The topological polar surface area (TPSA) is 67.3 Å². The maximum absolute atomic E-state index is 13.3. The zero-order valence-electron chi connectivity index (χ0n) is 18.1. The quantitative estimate of drug-likeness (QED) is 0.650. The van der Waals surface area contributed by atoms with Gasteiger partial charge in [0.1, 0.15) is 6.04 Å². The highest BCUT2D eigenvalue weighted by Gasteiger charge is 2.26. The number of amides is 1. The van der Waals surface area contributed by atoms with Crippen molar-refractivity contribution in [3.8, 4) is 5.88 Å². The molecule has 0 bridgehead atoms. The first-order chi connectivity index (χ1) is 14.3. The summed E-state index contributed by atoms with van der Waals surface area (Å²) in [5.74, 6) is 0.324. The number of aromatic nitrogens is 2. The predicted octanol–water partition coefficient (Wildman–Crippen LogP) is 4.60. The van der Waals surface area contributed by atoms with E-state index >= 15 is 0 Å². The second kappa shape index (κ2) is 8.95. The molecule has 0 aliphatic carbocycles. The third-order valence-corrected chi connectivity index (χ3v) is 4.99. The summed E-state index contributed by atoms with van der Waals surface area (Å²) in [7, 11) is 3.47. The van der Waals surface area contributed by atoms with Gasteiger partial charge in [0, 0.05) is 36.8 Å². The second-order valence-corrected chi connectivity index (χ2v) is 8.18. The van der Waals surface area contributed by atoms with Gasteiger partial charge in [-0.1, -0.05) is 39.0 Å². The highest BCUT2D eigenvalue weighted by atomic mass is 16.5. The van der Waals surface area contributed by atoms with Gasteiger partial charge in [0.05, 0.1) is 19.0 Å². The molecule has 0 fully saturated rings. The Kier molecular flexibility index (Phi) is 6.35. The molecule has 6 heteroatoms. The lowest BCUT2D eigenvalue weighted by molar-refractivity contribution is -0.117. The Labute approximate surface area is 177 Å². The van der Waals surface area contributed by atoms with Gasteiger partial charge in [0.25, 0.3) is 5.91 Å². The molecular formula is C24H28N4O2. The summed E-state index contributed by atoms with van der Waals surface area (Å²) in [5, 5.41) is 2.95. The average Bonchev–Trinajstić information content (AvgIpc) is 2.74. The fourth-order valence-electron chi connectivity index (χ4n) is 3.22. The zero-order valence-corrected chi connectivity index (χ0v) is 18.1. The molecule has 0 radical (unpaired) electrons. The normalized spacial score (nSPS) is 12.2. The Morgan fingerprint density at radius 2 is 1.80 bits per heavy atom. The lowest BCUT2D eigenvalue weighted by Crippen LogP contribution is -2.35. The summed E-state index contributed by atoms with van der Waals surface area (Å²) in [6.45, 7) is 6.54. The molecule has 1 amide bonds. The second-order valence-electron chi connectivity index (χ2n) is 8.18. The Bertz CT molecular complexity index is 965. The van der Waals surface area contributed by atoms with Gasteiger partial charge >= 0.3 is 0 Å². The predicted molar refractivity (Wildman–Crippen MR) is 120 cm³/mol. The molecule has 1 atom stereocenters. The van der Waals surface area contributed by atoms with Crippen LogP contribution in [0.5, 0.6) is 5.88 Å². The van der Waals surface area contributed by atoms with Crippen molar-refractivity contribution in [3.63, 3.8) is 0 Å². The van der Waals surface area contributed by atoms with Crippen LogP contribution >= 0.6 is 0 Å². The first-order valence-electron chi connectivity index (χ1n) is 9.84. The van der Waals surface area contributed by atoms with Crippen LogP contribution < -0.4 is 15.0 Å². The van der Waals surface area contributed by atoms with Gasteiger partial charge in [0.2, 0.25) is 5.88 Å². The minimum absolute atomic E-state index is 0.0680. The van der Waals surface area contributed by atoms with Crippen LogP contribution in [0, 0.1) is 0 Å². The molecule has 2 heterocycles. The molecule has 30 heavy (non-hydrogen) atoms. The number of benzene rings is 1. The molecule has 0 saturated carbocycles. The number of nitrogens with one attached hydrogen (secondary N) is 1. The number of rotatable bonds is 6. The number of likely N-dealkylation sites (N-methyl/N-ethyl adjacent to an activating group) is 1. The van der Waals surface area contributed by atoms with Crippen molar-refractivity contribution in [3.05, 3.63) is 78.2 Å². The number of methoxy groups -OCH3 is 1. The summed E-state index contributed by atoms with van der Waals surface area (Å²) in [4.78, 5) is 23.6. The van der Waals surface area contributed by atoms with E-state index in [1.807, 2.05) is 36.2 Å². The third kappa shape index (κ3) is 4.95. The maximum atomic E-state index is 13.3. The number of hydrogen-bond acceptors (Lipinski definition) is 5. The summed E-state index contributed by atoms with van der Waals surface area (Å²) in [6, 6.07) is 15.0. The Morgan fingerprint density at radius 1 is 1.07 bits per heavy atom. The summed E-state index contributed by atoms with van der Waals surface area (Å²) in [5.41, 5.74) is 3.66. The first-order valence-corrected chi connectivity index (χ1v) is 9.84. The zero-order chi connectivity index (χ0) is 21.7. The van der Waals surface area contributed by atoms with Gasteiger partial charge in [-0.25, -0.2) is 4.98 Å². The molecule has 3 rings (SSSR count). The van der Waals surface area contributed by atoms with Crippen LogP contribution in [-0.2, 0) is 10.2 Å². The minimum Gasteiger partial charge on any atom is -0.481 e. The van der Waals surface area contributed by atoms with E-state index in [-0.39, 0.29) is 11.3 Å². The van der Waals surface area contributed by atoms with E-state index in [1.165, 1.54) is 5.56 Å². The van der Waals surface area contributed by atoms with Crippen molar-refractivity contribution in [2.45, 2.75) is 32.2 Å². The van der Waals surface area contributed by atoms with E-state index in [1.54, 1.807) is 37.8 Å². The number of pyridine rings is 2. The van der Waals surface area contributed by atoms with Crippen LogP contribution in [-0.4, -0.2) is 30.0 Å². The monoisotopic (exact) mass is 404 g/mol. The van der Waals surface area contributed by atoms with Gasteiger partial charge in [-0.15, -0.1) is 0 Å². The van der Waals surface area contributed by atoms with Gasteiger partial charge in [-0.3, -0.25) is 9.78 Å². The van der Waals surface area contributed by atoms with E-state index in [0.717, 1.165) is 11.3 Å². The van der Waals surface area contributed by atoms with E-state index in [0.29, 0.717) is 11.6 Å². The van der Waals surface area contributed by atoms with Crippen molar-refractivity contribution in [2.75, 3.05) is 24.4 Å². The van der Waals surface area contributed by atoms with Crippen molar-refractivity contribution >= 4 is 17.3 Å². The molecule has 156 valence electrons. The Morgan fingerprint density at radius 3 is 2.33 bits per heavy atom. The lowest BCUT2D eigenvalue weighted by Gasteiger charge is -2.30. The third-order valence-electron chi connectivity index (χ3n) is 4.99. The molecule has 0 spiro atoms. The van der Waals surface area contributed by atoms with E-state index < -0.39 is 6.04 Å². The Hall–Kier alpha value is -3.41. The first kappa shape index (κ1) is 21.3. The SMILES string of the molecule is COc1ccc(NC(=O)C(c2cccnc2)N(C)c2ccc(C(C)(C)C)cc2)cn1. The van der Waals surface area contributed by atoms with Crippen molar-refractivity contribution in [1.29, 1.82) is 0 Å². The number of carbonyl (C=O) groups is 1. The van der Waals surface area contributed by atoms with Gasteiger partial charge in [-0.05, 0) is 35.2 Å². The van der Waals surface area contributed by atoms with Crippen LogP contribution in [0.25, 0.3) is 0 Å². The molecule has 1 unspecified atom stereocenters. The van der Waals surface area contributed by atoms with Crippen molar-refractivity contribution in [1.82, 2.24) is 9.97 Å². The number of nitrogens with zero attached hydrogens (tertiary/aromatic N) is 3. The lowest BCUT2D eigenvalue weighted by atomic mass is 9.87. The molecule has 1 N–H and O–H groups in total. The summed E-state index contributed by atoms with van der Waals surface area (Å²) in [6.07, 6.45) is 5.00. The number of anilines is 2. The molecule has 6 nitrogen and oxygen atoms in total. The maximum Gasteiger partial charge on any atom is 0.251 e. The summed E-state index contributed by atoms with van der Waals surface area (Å²) >= 11 is 0. The highest BCUT2D eigenvalue weighted by Crippen LogP contribution is 2.29. The molecule has 0 saturated heterocycles. The average molecular weight is 405 g/mol. The smallest absolute Gasteiger partial charge is 0.251 e. The standard InChI is InChI=1S/C24H28N4O2/c1-24(2,3)18-8-11-20(12-9-18)28(4)22(17-7-6-14-25-15-17)23(29)27-19-10-13-21(30-5)26-16-19/h6-16,22H,1-5H3,(H,27,29). The van der Waals surface area contributed by atoms with E-state index in [9.17, 15) is 4.79 Å². The fourth-order valence-corrected chi connectivity index (χ4v) is 3.22. The highest BCUT2D eigenvalue weighted by molar-refractivity contribution is 5.97. The largest absolute Gasteiger partial charge is 0.481 e. The van der Waals surface area contributed by atoms with Crippen molar-refractivity contribution in [2.24, 2.45) is 0 Å². The molecule has 0 aliphatic rings. The van der Waals surface area contributed by atoms with Gasteiger partial charge in [-0.2, -0.15) is 0 Å². The van der Waals surface area contributed by atoms with E-state index in [2.05, 4.69) is 48.2 Å². The number of hydrogen-bond donors (Lipinski definition) is 1. The minimum atomic E-state index is -0.554. The van der Waals surface area contributed by atoms with E-state index in [4.69, 9.17) is 4.74 Å². The molecule has 2 aromatic heterocycles. The molecule has 3 aromatic rings. The number of carbonyl (C=O) groups excluding carboxylic acids is 1. The molecule has 0 aliphatic heterocycles. The Balaban J connectivity index is 1.89. The van der Waals surface area contributed by atoms with Crippen LogP contribution in [0.1, 0.15) is 37.9 Å². The van der Waals surface area contributed by atoms with Gasteiger partial charge < -0.3 is 15.0 Å².